The summed E-state index contributed by atoms with van der Waals surface area (Å²) in [6.07, 6.45) is 0. The van der Waals surface area contributed by atoms with Crippen molar-refractivity contribution in [2.45, 2.75) is 6.54 Å². The summed E-state index contributed by atoms with van der Waals surface area (Å²) in [6, 6.07) is 14.2. The number of benzene rings is 2. The molecule has 192 valence electrons. The maximum atomic E-state index is 13.2. The summed E-state index contributed by atoms with van der Waals surface area (Å²) in [7, 11) is 3.05. The number of nitrogens with one attached hydrogen (secondary N) is 1. The first-order valence-corrected chi connectivity index (χ1v) is 12.5. The van der Waals surface area contributed by atoms with E-state index in [1.54, 1.807) is 46.8 Å². The fourth-order valence-corrected chi connectivity index (χ4v) is 4.89. The van der Waals surface area contributed by atoms with E-state index >= 15 is 0 Å². The molecule has 1 aliphatic rings. The quantitative estimate of drug-likeness (QED) is 0.428. The van der Waals surface area contributed by atoms with Crippen LogP contribution in [0.5, 0.6) is 0 Å². The Morgan fingerprint density at radius 1 is 0.973 bits per heavy atom. The van der Waals surface area contributed by atoms with E-state index in [0.29, 0.717) is 65.6 Å². The summed E-state index contributed by atoms with van der Waals surface area (Å²) in [5.74, 6) is 0.545. The Hall–Kier alpha value is -3.76. The molecule has 0 radical (unpaired) electrons. The number of imidazole rings is 1. The van der Waals surface area contributed by atoms with Crippen LogP contribution in [0.2, 0.25) is 10.0 Å². The van der Waals surface area contributed by atoms with Crippen molar-refractivity contribution < 1.29 is 4.79 Å². The molecule has 1 fully saturated rings. The first kappa shape index (κ1) is 24.9. The lowest BCUT2D eigenvalue weighted by molar-refractivity contribution is 0.208. The second kappa shape index (κ2) is 9.95. The van der Waals surface area contributed by atoms with Gasteiger partial charge in [-0.3, -0.25) is 18.5 Å². The summed E-state index contributed by atoms with van der Waals surface area (Å²) >= 11 is 12.5. The molecule has 2 aromatic carbocycles. The van der Waals surface area contributed by atoms with Gasteiger partial charge in [0, 0.05) is 56.0 Å². The lowest BCUT2D eigenvalue weighted by atomic mass is 10.2. The minimum Gasteiger partial charge on any atom is -0.339 e. The fraction of sp³-hybridized carbons (Fsp3) is 0.280. The van der Waals surface area contributed by atoms with E-state index in [2.05, 4.69) is 5.32 Å². The first-order valence-electron chi connectivity index (χ1n) is 11.7. The average molecular weight is 542 g/mol. The van der Waals surface area contributed by atoms with Gasteiger partial charge >= 0.3 is 11.7 Å². The lowest BCUT2D eigenvalue weighted by Gasteiger charge is -2.35. The Balaban J connectivity index is 1.46. The van der Waals surface area contributed by atoms with Gasteiger partial charge < -0.3 is 15.1 Å². The van der Waals surface area contributed by atoms with E-state index in [0.717, 1.165) is 10.1 Å². The third-order valence-corrected chi connectivity index (χ3v) is 7.14. The molecule has 2 amide bonds. The second-order valence-corrected chi connectivity index (χ2v) is 9.73. The van der Waals surface area contributed by atoms with E-state index in [-0.39, 0.29) is 6.03 Å². The number of hydrogen-bond acceptors (Lipinski definition) is 5. The van der Waals surface area contributed by atoms with Gasteiger partial charge in [0.25, 0.3) is 5.56 Å². The Morgan fingerprint density at radius 3 is 2.41 bits per heavy atom. The molecule has 5 rings (SSSR count). The number of carbonyl (C=O) groups excluding carboxylic acids is 1. The molecular weight excluding hydrogens is 517 g/mol. The molecule has 12 heteroatoms. The van der Waals surface area contributed by atoms with Crippen molar-refractivity contribution in [2.24, 2.45) is 14.1 Å². The topological polar surface area (TPSA) is 97.4 Å². The maximum absolute atomic E-state index is 13.2. The highest BCUT2D eigenvalue weighted by Crippen LogP contribution is 2.25. The van der Waals surface area contributed by atoms with Gasteiger partial charge in [-0.25, -0.2) is 9.59 Å². The van der Waals surface area contributed by atoms with Crippen LogP contribution in [-0.2, 0) is 20.6 Å². The molecule has 1 saturated heterocycles. The van der Waals surface area contributed by atoms with Crippen molar-refractivity contribution in [1.29, 1.82) is 0 Å². The summed E-state index contributed by atoms with van der Waals surface area (Å²) in [6.45, 7) is 2.16. The minimum atomic E-state index is -0.450. The Labute approximate surface area is 222 Å². The van der Waals surface area contributed by atoms with Gasteiger partial charge in [0.1, 0.15) is 0 Å². The van der Waals surface area contributed by atoms with Crippen LogP contribution in [0, 0.1) is 0 Å². The van der Waals surface area contributed by atoms with Crippen molar-refractivity contribution in [2.75, 3.05) is 36.4 Å². The van der Waals surface area contributed by atoms with Gasteiger partial charge in [0.15, 0.2) is 11.2 Å². The maximum Gasteiger partial charge on any atom is 0.332 e. The monoisotopic (exact) mass is 541 g/mol. The fourth-order valence-electron chi connectivity index (χ4n) is 4.50. The zero-order chi connectivity index (χ0) is 26.3. The molecule has 0 bridgehead atoms. The lowest BCUT2D eigenvalue weighted by Crippen LogP contribution is -2.50. The predicted molar refractivity (Wildman–Crippen MR) is 145 cm³/mol. The van der Waals surface area contributed by atoms with E-state index in [4.69, 9.17) is 28.2 Å². The molecule has 0 aliphatic carbocycles. The summed E-state index contributed by atoms with van der Waals surface area (Å²) in [5, 5.41) is 3.98. The molecule has 0 atom stereocenters. The highest BCUT2D eigenvalue weighted by atomic mass is 35.5. The van der Waals surface area contributed by atoms with Crippen molar-refractivity contribution in [3.63, 3.8) is 0 Å². The van der Waals surface area contributed by atoms with Crippen molar-refractivity contribution >= 4 is 52.0 Å². The molecule has 1 aliphatic heterocycles. The number of aryl methyl sites for hydroxylation is 1. The highest BCUT2D eigenvalue weighted by molar-refractivity contribution is 6.31. The number of urea groups is 1. The number of piperazine rings is 1. The van der Waals surface area contributed by atoms with E-state index in [1.807, 2.05) is 23.1 Å². The van der Waals surface area contributed by atoms with Gasteiger partial charge in [-0.15, -0.1) is 0 Å². The third kappa shape index (κ3) is 4.70. The molecule has 1 N–H and O–H groups in total. The molecule has 10 nitrogen and oxygen atoms in total. The molecular formula is C25H25Cl2N7O3. The van der Waals surface area contributed by atoms with Gasteiger partial charge in [-0.1, -0.05) is 47.5 Å². The van der Waals surface area contributed by atoms with Crippen LogP contribution in [0.4, 0.5) is 16.4 Å². The number of fused-ring (bicyclic) bond motifs is 1. The molecule has 4 aromatic rings. The Morgan fingerprint density at radius 2 is 1.70 bits per heavy atom. The number of carbonyl (C=O) groups is 1. The zero-order valence-electron chi connectivity index (χ0n) is 20.3. The summed E-state index contributed by atoms with van der Waals surface area (Å²) in [5.41, 5.74) is 1.19. The van der Waals surface area contributed by atoms with Crippen LogP contribution in [0.25, 0.3) is 11.2 Å². The Bertz CT molecular complexity index is 1620. The number of aromatic nitrogens is 4. The van der Waals surface area contributed by atoms with Crippen LogP contribution >= 0.6 is 23.2 Å². The number of nitrogens with zero attached hydrogens (tertiary/aromatic N) is 6. The second-order valence-electron chi connectivity index (χ2n) is 8.88. The van der Waals surface area contributed by atoms with E-state index in [9.17, 15) is 14.4 Å². The van der Waals surface area contributed by atoms with Crippen LogP contribution in [0.1, 0.15) is 5.56 Å². The normalized spacial score (nSPS) is 13.8. The van der Waals surface area contributed by atoms with Crippen molar-refractivity contribution in [3.8, 4) is 0 Å². The van der Waals surface area contributed by atoms with Crippen LogP contribution in [0.15, 0.2) is 58.1 Å². The minimum absolute atomic E-state index is 0.220. The first-order chi connectivity index (χ1) is 17.7. The van der Waals surface area contributed by atoms with Crippen LogP contribution in [0.3, 0.4) is 0 Å². The van der Waals surface area contributed by atoms with Gasteiger partial charge in [-0.2, -0.15) is 4.98 Å². The zero-order valence-corrected chi connectivity index (χ0v) is 21.8. The average Bonchev–Trinajstić information content (AvgIpc) is 3.27. The van der Waals surface area contributed by atoms with E-state index < -0.39 is 11.2 Å². The number of rotatable bonds is 4. The number of halogens is 2. The molecule has 37 heavy (non-hydrogen) atoms. The summed E-state index contributed by atoms with van der Waals surface area (Å²) in [4.78, 5) is 47.1. The smallest absolute Gasteiger partial charge is 0.332 e. The standard InChI is InChI=1S/C25H25Cl2N7O3/c1-30-21-20(22(35)31(2)25(30)37)34(15-16-6-3-4-9-19(16)27)23(29-21)32-10-12-33(13-11-32)24(36)28-18-8-5-7-17(26)14-18/h3-9,14H,10-13,15H2,1-2H3,(H,28,36). The molecule has 3 heterocycles. The third-order valence-electron chi connectivity index (χ3n) is 6.54. The molecule has 0 saturated carbocycles. The summed E-state index contributed by atoms with van der Waals surface area (Å²) < 4.78 is 4.26. The number of amides is 2. The van der Waals surface area contributed by atoms with Crippen molar-refractivity contribution in [3.05, 3.63) is 85.0 Å². The van der Waals surface area contributed by atoms with Crippen molar-refractivity contribution in [1.82, 2.24) is 23.6 Å². The van der Waals surface area contributed by atoms with Gasteiger partial charge in [-0.05, 0) is 29.8 Å². The predicted octanol–water partition coefficient (Wildman–Crippen LogP) is 3.14. The number of hydrogen-bond donors (Lipinski definition) is 1. The highest BCUT2D eigenvalue weighted by Gasteiger charge is 2.27. The Kier molecular flexibility index (Phi) is 6.70. The van der Waals surface area contributed by atoms with E-state index in [1.165, 1.54) is 11.6 Å². The van der Waals surface area contributed by atoms with Gasteiger partial charge in [0.2, 0.25) is 5.95 Å². The van der Waals surface area contributed by atoms with Crippen LogP contribution in [-0.4, -0.2) is 55.8 Å². The number of anilines is 2. The molecule has 0 unspecified atom stereocenters. The SMILES string of the molecule is Cn1c(=O)c2c(nc(N3CCN(C(=O)Nc4cccc(Cl)c4)CC3)n2Cc2ccccc2Cl)n(C)c1=O. The van der Waals surface area contributed by atoms with Crippen LogP contribution < -0.4 is 21.5 Å². The van der Waals surface area contributed by atoms with Gasteiger partial charge in [0.05, 0.1) is 6.54 Å². The molecule has 2 aromatic heterocycles. The largest absolute Gasteiger partial charge is 0.339 e. The molecule has 0 spiro atoms.